The summed E-state index contributed by atoms with van der Waals surface area (Å²) in [4.78, 5) is 15.8. The number of benzene rings is 2. The summed E-state index contributed by atoms with van der Waals surface area (Å²) in [5.41, 5.74) is 1.68. The molecule has 0 aliphatic carbocycles. The van der Waals surface area contributed by atoms with E-state index in [1.807, 2.05) is 6.92 Å². The number of aryl methyl sites for hydroxylation is 1. The number of pyridine rings is 1. The van der Waals surface area contributed by atoms with Gasteiger partial charge >= 0.3 is 5.97 Å². The standard InChI is InChI=1S/C20H18N2O5S/c1-14-3-9-18(10-4-14)28(24,25)22-16-5-7-17(8-6-16)27-19-13-15(11-12-21-19)20(23)26-2/h3-13,22H,1-2H3. The van der Waals surface area contributed by atoms with Crippen molar-refractivity contribution >= 4 is 21.7 Å². The summed E-state index contributed by atoms with van der Waals surface area (Å²) in [6, 6.07) is 15.9. The van der Waals surface area contributed by atoms with Crippen LogP contribution < -0.4 is 9.46 Å². The maximum Gasteiger partial charge on any atom is 0.338 e. The summed E-state index contributed by atoms with van der Waals surface area (Å²) in [5.74, 6) is 0.164. The molecule has 0 aliphatic heterocycles. The van der Waals surface area contributed by atoms with Crippen molar-refractivity contribution in [3.8, 4) is 11.6 Å². The Morgan fingerprint density at radius 1 is 1.00 bits per heavy atom. The van der Waals surface area contributed by atoms with Crippen molar-refractivity contribution in [2.24, 2.45) is 0 Å². The van der Waals surface area contributed by atoms with Crippen LogP contribution in [0.4, 0.5) is 5.69 Å². The molecule has 0 saturated carbocycles. The van der Waals surface area contributed by atoms with Gasteiger partial charge in [-0.15, -0.1) is 0 Å². The maximum absolute atomic E-state index is 12.4. The average Bonchev–Trinajstić information content (AvgIpc) is 2.69. The first-order valence-corrected chi connectivity index (χ1v) is 9.77. The van der Waals surface area contributed by atoms with Gasteiger partial charge in [-0.05, 0) is 49.4 Å². The maximum atomic E-state index is 12.4. The van der Waals surface area contributed by atoms with E-state index in [-0.39, 0.29) is 10.8 Å². The number of methoxy groups -OCH3 is 1. The van der Waals surface area contributed by atoms with E-state index in [9.17, 15) is 13.2 Å². The van der Waals surface area contributed by atoms with Gasteiger partial charge in [0.05, 0.1) is 17.6 Å². The number of hydrogen-bond acceptors (Lipinski definition) is 6. The number of carbonyl (C=O) groups is 1. The van der Waals surface area contributed by atoms with E-state index in [1.54, 1.807) is 48.5 Å². The Hall–Kier alpha value is -3.39. The van der Waals surface area contributed by atoms with Crippen molar-refractivity contribution in [3.63, 3.8) is 0 Å². The second-order valence-electron chi connectivity index (χ2n) is 5.92. The summed E-state index contributed by atoms with van der Waals surface area (Å²) >= 11 is 0. The second-order valence-corrected chi connectivity index (χ2v) is 7.60. The minimum atomic E-state index is -3.67. The molecule has 3 rings (SSSR count). The van der Waals surface area contributed by atoms with Crippen LogP contribution in [0.2, 0.25) is 0 Å². The van der Waals surface area contributed by atoms with E-state index >= 15 is 0 Å². The highest BCUT2D eigenvalue weighted by Crippen LogP contribution is 2.24. The van der Waals surface area contributed by atoms with Crippen molar-refractivity contribution in [1.29, 1.82) is 0 Å². The first-order valence-electron chi connectivity index (χ1n) is 8.29. The summed E-state index contributed by atoms with van der Waals surface area (Å²) < 4.78 is 37.6. The Bertz CT molecular complexity index is 1080. The predicted molar refractivity (Wildman–Crippen MR) is 104 cm³/mol. The molecule has 0 bridgehead atoms. The number of carbonyl (C=O) groups excluding carboxylic acids is 1. The topological polar surface area (TPSA) is 94.6 Å². The van der Waals surface area contributed by atoms with Crippen LogP contribution in [-0.4, -0.2) is 26.5 Å². The van der Waals surface area contributed by atoms with Crippen LogP contribution in [0, 0.1) is 6.92 Å². The van der Waals surface area contributed by atoms with Crippen LogP contribution in [0.5, 0.6) is 11.6 Å². The number of aromatic nitrogens is 1. The normalized spacial score (nSPS) is 10.9. The third-order valence-corrected chi connectivity index (χ3v) is 5.21. The molecule has 1 N–H and O–H groups in total. The molecule has 0 radical (unpaired) electrons. The quantitative estimate of drug-likeness (QED) is 0.635. The molecule has 0 amide bonds. The van der Waals surface area contributed by atoms with E-state index in [0.29, 0.717) is 17.0 Å². The molecular weight excluding hydrogens is 380 g/mol. The summed E-state index contributed by atoms with van der Waals surface area (Å²) in [5, 5.41) is 0. The molecule has 0 unspecified atom stereocenters. The molecule has 0 fully saturated rings. The van der Waals surface area contributed by atoms with Gasteiger partial charge in [-0.3, -0.25) is 4.72 Å². The van der Waals surface area contributed by atoms with Gasteiger partial charge in [0.15, 0.2) is 0 Å². The zero-order valence-corrected chi connectivity index (χ0v) is 16.1. The fraction of sp³-hybridized carbons (Fsp3) is 0.100. The lowest BCUT2D eigenvalue weighted by Crippen LogP contribution is -2.12. The average molecular weight is 398 g/mol. The summed E-state index contributed by atoms with van der Waals surface area (Å²) in [6.45, 7) is 1.89. The Balaban J connectivity index is 1.72. The number of nitrogens with one attached hydrogen (secondary N) is 1. The monoisotopic (exact) mass is 398 g/mol. The molecule has 0 aliphatic rings. The van der Waals surface area contributed by atoms with Gasteiger partial charge < -0.3 is 9.47 Å². The molecule has 7 nitrogen and oxygen atoms in total. The highest BCUT2D eigenvalue weighted by molar-refractivity contribution is 7.92. The van der Waals surface area contributed by atoms with Crippen molar-refractivity contribution in [1.82, 2.24) is 4.98 Å². The highest BCUT2D eigenvalue weighted by atomic mass is 32.2. The van der Waals surface area contributed by atoms with Crippen LogP contribution in [0.3, 0.4) is 0 Å². The molecule has 28 heavy (non-hydrogen) atoms. The van der Waals surface area contributed by atoms with E-state index in [0.717, 1.165) is 5.56 Å². The van der Waals surface area contributed by atoms with E-state index in [2.05, 4.69) is 14.4 Å². The molecule has 0 saturated heterocycles. The van der Waals surface area contributed by atoms with Gasteiger partial charge in [-0.25, -0.2) is 18.2 Å². The van der Waals surface area contributed by atoms with Crippen molar-refractivity contribution in [3.05, 3.63) is 78.0 Å². The Kier molecular flexibility index (Phi) is 5.60. The van der Waals surface area contributed by atoms with Gasteiger partial charge in [0.1, 0.15) is 5.75 Å². The molecule has 0 spiro atoms. The predicted octanol–water partition coefficient (Wildman–Crippen LogP) is 3.77. The first kappa shape index (κ1) is 19.4. The third-order valence-electron chi connectivity index (χ3n) is 3.82. The van der Waals surface area contributed by atoms with Gasteiger partial charge in [-0.2, -0.15) is 0 Å². The Morgan fingerprint density at radius 2 is 1.68 bits per heavy atom. The Labute approximate surface area is 163 Å². The minimum absolute atomic E-state index is 0.183. The summed E-state index contributed by atoms with van der Waals surface area (Å²) in [7, 11) is -2.38. The first-order chi connectivity index (χ1) is 13.4. The zero-order valence-electron chi connectivity index (χ0n) is 15.2. The fourth-order valence-electron chi connectivity index (χ4n) is 2.35. The lowest BCUT2D eigenvalue weighted by Gasteiger charge is -2.10. The molecule has 0 atom stereocenters. The number of hydrogen-bond donors (Lipinski definition) is 1. The van der Waals surface area contributed by atoms with Crippen LogP contribution in [0.1, 0.15) is 15.9 Å². The summed E-state index contributed by atoms with van der Waals surface area (Å²) in [6.07, 6.45) is 1.44. The van der Waals surface area contributed by atoms with Crippen molar-refractivity contribution in [2.75, 3.05) is 11.8 Å². The number of anilines is 1. The van der Waals surface area contributed by atoms with Gasteiger partial charge in [0.2, 0.25) is 5.88 Å². The molecule has 1 heterocycles. The van der Waals surface area contributed by atoms with E-state index < -0.39 is 16.0 Å². The van der Waals surface area contributed by atoms with E-state index in [4.69, 9.17) is 4.74 Å². The number of nitrogens with zero attached hydrogens (tertiary/aromatic N) is 1. The van der Waals surface area contributed by atoms with Gasteiger partial charge in [0.25, 0.3) is 10.0 Å². The van der Waals surface area contributed by atoms with Crippen LogP contribution >= 0.6 is 0 Å². The fourth-order valence-corrected chi connectivity index (χ4v) is 3.41. The van der Waals surface area contributed by atoms with Crippen molar-refractivity contribution < 1.29 is 22.7 Å². The van der Waals surface area contributed by atoms with Crippen LogP contribution in [-0.2, 0) is 14.8 Å². The Morgan fingerprint density at radius 3 is 2.32 bits per heavy atom. The zero-order chi connectivity index (χ0) is 20.1. The number of ether oxygens (including phenoxy) is 2. The highest BCUT2D eigenvalue weighted by Gasteiger charge is 2.14. The molecule has 3 aromatic rings. The van der Waals surface area contributed by atoms with Gasteiger partial charge in [0, 0.05) is 18.0 Å². The lowest BCUT2D eigenvalue weighted by atomic mass is 10.2. The number of sulfonamides is 1. The largest absolute Gasteiger partial charge is 0.465 e. The number of esters is 1. The molecule has 8 heteroatoms. The van der Waals surface area contributed by atoms with Gasteiger partial charge in [-0.1, -0.05) is 17.7 Å². The second kappa shape index (κ2) is 8.10. The van der Waals surface area contributed by atoms with E-state index in [1.165, 1.54) is 25.4 Å². The smallest absolute Gasteiger partial charge is 0.338 e. The molecule has 2 aromatic carbocycles. The third kappa shape index (κ3) is 4.66. The minimum Gasteiger partial charge on any atom is -0.465 e. The van der Waals surface area contributed by atoms with Crippen LogP contribution in [0.15, 0.2) is 71.8 Å². The SMILES string of the molecule is COC(=O)c1ccnc(Oc2ccc(NS(=O)(=O)c3ccc(C)cc3)cc2)c1. The number of rotatable bonds is 6. The lowest BCUT2D eigenvalue weighted by molar-refractivity contribution is 0.0600. The molecule has 1 aromatic heterocycles. The van der Waals surface area contributed by atoms with Crippen molar-refractivity contribution in [2.45, 2.75) is 11.8 Å². The van der Waals surface area contributed by atoms with Crippen LogP contribution in [0.25, 0.3) is 0 Å². The molecular formula is C20H18N2O5S. The molecule has 144 valence electrons.